The Balaban J connectivity index is 2.46. The van der Waals surface area contributed by atoms with Crippen LogP contribution in [-0.4, -0.2) is 24.7 Å². The smallest absolute Gasteiger partial charge is 0.308 e. The Morgan fingerprint density at radius 2 is 2.19 bits per heavy atom. The van der Waals surface area contributed by atoms with Crippen molar-refractivity contribution in [1.82, 2.24) is 0 Å². The summed E-state index contributed by atoms with van der Waals surface area (Å²) in [7, 11) is 1.85. The summed E-state index contributed by atoms with van der Waals surface area (Å²) in [6, 6.07) is 3.47. The van der Waals surface area contributed by atoms with E-state index in [1.54, 1.807) is 6.07 Å². The lowest BCUT2D eigenvalue weighted by molar-refractivity contribution is -0.141. The van der Waals surface area contributed by atoms with Gasteiger partial charge in [-0.05, 0) is 24.1 Å². The van der Waals surface area contributed by atoms with E-state index in [4.69, 9.17) is 28.3 Å². The zero-order chi connectivity index (χ0) is 11.9. The number of hydrogen-bond acceptors (Lipinski definition) is 2. The molecule has 3 nitrogen and oxygen atoms in total. The summed E-state index contributed by atoms with van der Waals surface area (Å²) < 4.78 is 0. The van der Waals surface area contributed by atoms with Gasteiger partial charge in [0.25, 0.3) is 0 Å². The summed E-state index contributed by atoms with van der Waals surface area (Å²) >= 11 is 12.0. The average Bonchev–Trinajstić information content (AvgIpc) is 2.19. The summed E-state index contributed by atoms with van der Waals surface area (Å²) in [5.74, 6) is -1.19. The van der Waals surface area contributed by atoms with Crippen LogP contribution in [0.3, 0.4) is 0 Å². The zero-order valence-corrected chi connectivity index (χ0v) is 10.2. The van der Waals surface area contributed by atoms with Gasteiger partial charge in [-0.2, -0.15) is 0 Å². The highest BCUT2D eigenvalue weighted by atomic mass is 35.5. The van der Waals surface area contributed by atoms with Crippen LogP contribution in [0.25, 0.3) is 0 Å². The molecule has 0 aliphatic carbocycles. The van der Waals surface area contributed by atoms with Gasteiger partial charge >= 0.3 is 5.97 Å². The highest BCUT2D eigenvalue weighted by Gasteiger charge is 2.28. The molecule has 1 aromatic carbocycles. The molecule has 1 heterocycles. The van der Waals surface area contributed by atoms with Crippen molar-refractivity contribution < 1.29 is 9.90 Å². The third kappa shape index (κ3) is 1.97. The normalized spacial score (nSPS) is 19.4. The van der Waals surface area contributed by atoms with E-state index in [9.17, 15) is 4.79 Å². The van der Waals surface area contributed by atoms with E-state index in [1.165, 1.54) is 0 Å². The van der Waals surface area contributed by atoms with E-state index in [0.29, 0.717) is 23.0 Å². The molecule has 16 heavy (non-hydrogen) atoms. The molecular weight excluding hydrogens is 249 g/mol. The summed E-state index contributed by atoms with van der Waals surface area (Å²) in [5.41, 5.74) is 1.79. The van der Waals surface area contributed by atoms with Crippen LogP contribution >= 0.6 is 23.2 Å². The Labute approximate surface area is 104 Å². The van der Waals surface area contributed by atoms with E-state index in [0.717, 1.165) is 11.3 Å². The average molecular weight is 260 g/mol. The molecule has 0 radical (unpaired) electrons. The molecule has 0 amide bonds. The minimum absolute atomic E-state index is 0.406. The highest BCUT2D eigenvalue weighted by molar-refractivity contribution is 6.35. The summed E-state index contributed by atoms with van der Waals surface area (Å²) in [6.45, 7) is 0.485. The van der Waals surface area contributed by atoms with E-state index >= 15 is 0 Å². The van der Waals surface area contributed by atoms with Crippen LogP contribution in [0.2, 0.25) is 10.0 Å². The van der Waals surface area contributed by atoms with Crippen LogP contribution in [0.1, 0.15) is 5.56 Å². The second kappa shape index (κ2) is 4.15. The third-order valence-electron chi connectivity index (χ3n) is 2.84. The highest BCUT2D eigenvalue weighted by Crippen LogP contribution is 2.36. The van der Waals surface area contributed by atoms with Crippen LogP contribution in [0, 0.1) is 5.92 Å². The van der Waals surface area contributed by atoms with Gasteiger partial charge in [-0.1, -0.05) is 23.2 Å². The van der Waals surface area contributed by atoms with Gasteiger partial charge in [-0.15, -0.1) is 0 Å². The third-order valence-corrected chi connectivity index (χ3v) is 3.40. The van der Waals surface area contributed by atoms with E-state index in [2.05, 4.69) is 0 Å². The molecule has 1 N–H and O–H groups in total. The lowest BCUT2D eigenvalue weighted by atomic mass is 9.93. The van der Waals surface area contributed by atoms with Gasteiger partial charge < -0.3 is 10.0 Å². The maximum Gasteiger partial charge on any atom is 0.308 e. The zero-order valence-electron chi connectivity index (χ0n) is 8.70. The largest absolute Gasteiger partial charge is 0.481 e. The number of hydrogen-bond donors (Lipinski definition) is 1. The molecule has 1 aromatic rings. The predicted molar refractivity (Wildman–Crippen MR) is 64.6 cm³/mol. The molecule has 2 rings (SSSR count). The van der Waals surface area contributed by atoms with Gasteiger partial charge in [0.1, 0.15) is 0 Å². The van der Waals surface area contributed by atoms with Crippen LogP contribution < -0.4 is 4.90 Å². The second-order valence-corrected chi connectivity index (χ2v) is 4.85. The molecular formula is C11H11Cl2NO2. The maximum absolute atomic E-state index is 11.0. The summed E-state index contributed by atoms with van der Waals surface area (Å²) in [4.78, 5) is 12.9. The molecule has 1 aliphatic rings. The number of carboxylic acids is 1. The second-order valence-electron chi connectivity index (χ2n) is 4.01. The quantitative estimate of drug-likeness (QED) is 0.843. The Hall–Kier alpha value is -0.930. The van der Waals surface area contributed by atoms with Gasteiger partial charge in [0.2, 0.25) is 0 Å². The number of carboxylic acid groups (broad SMARTS) is 1. The number of fused-ring (bicyclic) bond motifs is 1. The number of nitrogens with zero attached hydrogens (tertiary/aromatic N) is 1. The van der Waals surface area contributed by atoms with E-state index in [1.807, 2.05) is 18.0 Å². The van der Waals surface area contributed by atoms with Gasteiger partial charge in [0.05, 0.1) is 5.92 Å². The van der Waals surface area contributed by atoms with Crippen molar-refractivity contribution >= 4 is 34.9 Å². The first-order chi connectivity index (χ1) is 7.49. The SMILES string of the molecule is CN1CC(C(=O)O)Cc2c(Cl)cc(Cl)cc21. The Morgan fingerprint density at radius 3 is 2.81 bits per heavy atom. The fourth-order valence-electron chi connectivity index (χ4n) is 2.04. The first-order valence-corrected chi connectivity index (χ1v) is 5.66. The van der Waals surface area contributed by atoms with Crippen molar-refractivity contribution in [2.75, 3.05) is 18.5 Å². The molecule has 0 spiro atoms. The number of halogens is 2. The van der Waals surface area contributed by atoms with Crippen molar-refractivity contribution in [3.8, 4) is 0 Å². The Morgan fingerprint density at radius 1 is 1.50 bits per heavy atom. The summed E-state index contributed by atoms with van der Waals surface area (Å²) in [5, 5.41) is 10.1. The Kier molecular flexibility index (Phi) is 3.00. The Bertz CT molecular complexity index is 448. The maximum atomic E-state index is 11.0. The molecule has 0 saturated carbocycles. The molecule has 5 heteroatoms. The minimum Gasteiger partial charge on any atom is -0.481 e. The monoisotopic (exact) mass is 259 g/mol. The van der Waals surface area contributed by atoms with Crippen LogP contribution in [0.5, 0.6) is 0 Å². The fraction of sp³-hybridized carbons (Fsp3) is 0.364. The number of benzene rings is 1. The molecule has 0 saturated heterocycles. The number of anilines is 1. The number of carbonyl (C=O) groups is 1. The molecule has 0 aromatic heterocycles. The first-order valence-electron chi connectivity index (χ1n) is 4.91. The molecule has 86 valence electrons. The molecule has 0 bridgehead atoms. The van der Waals surface area contributed by atoms with E-state index < -0.39 is 11.9 Å². The van der Waals surface area contributed by atoms with Gasteiger partial charge in [-0.3, -0.25) is 4.79 Å². The van der Waals surface area contributed by atoms with Crippen LogP contribution in [-0.2, 0) is 11.2 Å². The standard InChI is InChI=1S/C11H11Cl2NO2/c1-14-5-6(11(15)16)2-8-9(13)3-7(12)4-10(8)14/h3-4,6H,2,5H2,1H3,(H,15,16). The molecule has 1 unspecified atom stereocenters. The van der Waals surface area contributed by atoms with Gasteiger partial charge in [0.15, 0.2) is 0 Å². The summed E-state index contributed by atoms with van der Waals surface area (Å²) in [6.07, 6.45) is 0.463. The minimum atomic E-state index is -0.788. The van der Waals surface area contributed by atoms with Gasteiger partial charge in [-0.25, -0.2) is 0 Å². The number of rotatable bonds is 1. The molecule has 1 aliphatic heterocycles. The van der Waals surface area contributed by atoms with Crippen LogP contribution in [0.4, 0.5) is 5.69 Å². The van der Waals surface area contributed by atoms with Crippen molar-refractivity contribution in [3.05, 3.63) is 27.7 Å². The topological polar surface area (TPSA) is 40.5 Å². The van der Waals surface area contributed by atoms with Crippen LogP contribution in [0.15, 0.2) is 12.1 Å². The van der Waals surface area contributed by atoms with E-state index in [-0.39, 0.29) is 0 Å². The molecule has 0 fully saturated rings. The van der Waals surface area contributed by atoms with Crippen molar-refractivity contribution in [1.29, 1.82) is 0 Å². The lowest BCUT2D eigenvalue weighted by Gasteiger charge is -2.32. The van der Waals surface area contributed by atoms with Crippen molar-refractivity contribution in [3.63, 3.8) is 0 Å². The lowest BCUT2D eigenvalue weighted by Crippen LogP contribution is -2.36. The first kappa shape index (κ1) is 11.6. The number of aliphatic carboxylic acids is 1. The predicted octanol–water partition coefficient (Wildman–Crippen LogP) is 2.69. The fourth-order valence-corrected chi connectivity index (χ4v) is 2.60. The van der Waals surface area contributed by atoms with Crippen molar-refractivity contribution in [2.24, 2.45) is 5.92 Å². The molecule has 1 atom stereocenters. The van der Waals surface area contributed by atoms with Crippen molar-refractivity contribution in [2.45, 2.75) is 6.42 Å². The van der Waals surface area contributed by atoms with Gasteiger partial charge in [0, 0.05) is 29.3 Å².